The van der Waals surface area contributed by atoms with Gasteiger partial charge in [-0.05, 0) is 55.7 Å². The smallest absolute Gasteiger partial charge is 0.317 e. The number of aliphatic carboxylic acids is 2. The first kappa shape index (κ1) is 50.8. The number of fused-ring (bicyclic) bond motifs is 11. The maximum atomic E-state index is 14.1. The van der Waals surface area contributed by atoms with Gasteiger partial charge in [0.1, 0.15) is 17.8 Å². The first-order valence-electron chi connectivity index (χ1n) is 21.0. The lowest BCUT2D eigenvalue weighted by molar-refractivity contribution is -0.142. The highest BCUT2D eigenvalue weighted by molar-refractivity contribution is 5.94. The van der Waals surface area contributed by atoms with E-state index in [0.29, 0.717) is 63.4 Å². The molecule has 3 aliphatic rings. The van der Waals surface area contributed by atoms with Crippen LogP contribution in [0.25, 0.3) is 0 Å². The van der Waals surface area contributed by atoms with Gasteiger partial charge in [0, 0.05) is 71.2 Å². The van der Waals surface area contributed by atoms with E-state index in [9.17, 15) is 49.0 Å². The molecule has 0 radical (unpaired) electrons. The Hall–Kier alpha value is -5.58. The largest absolute Gasteiger partial charge is 0.494 e. The predicted octanol–water partition coefficient (Wildman–Crippen LogP) is -2.26. The lowest BCUT2D eigenvalue weighted by Gasteiger charge is -2.29. The van der Waals surface area contributed by atoms with E-state index in [0.717, 1.165) is 0 Å². The Labute approximate surface area is 361 Å². The number of hydrogen-bond donors (Lipinski definition) is 11. The fourth-order valence-corrected chi connectivity index (χ4v) is 7.38. The Balaban J connectivity index is 1.71. The first-order chi connectivity index (χ1) is 29.5. The Morgan fingerprint density at radius 3 is 1.98 bits per heavy atom. The van der Waals surface area contributed by atoms with Gasteiger partial charge in [0.25, 0.3) is 0 Å². The third-order valence-electron chi connectivity index (χ3n) is 10.6. The summed E-state index contributed by atoms with van der Waals surface area (Å²) >= 11 is 0. The number of nitrogens with two attached hydrogens (primary N) is 1. The zero-order valence-electron chi connectivity index (χ0n) is 35.7. The van der Waals surface area contributed by atoms with E-state index in [1.165, 1.54) is 0 Å². The number of ether oxygens (including phenoxy) is 1. The molecule has 22 nitrogen and oxygen atoms in total. The molecule has 12 N–H and O–H groups in total. The van der Waals surface area contributed by atoms with Crippen molar-refractivity contribution in [2.45, 2.75) is 64.5 Å². The lowest BCUT2D eigenvalue weighted by Crippen LogP contribution is -2.56. The van der Waals surface area contributed by atoms with Gasteiger partial charge in [-0.3, -0.25) is 58.9 Å². The summed E-state index contributed by atoms with van der Waals surface area (Å²) in [6.45, 7) is 5.99. The zero-order valence-corrected chi connectivity index (χ0v) is 35.7. The number of hydroxylamine groups is 1. The predicted molar refractivity (Wildman–Crippen MR) is 225 cm³/mol. The third kappa shape index (κ3) is 19.0. The number of carboxylic acids is 2. The second-order valence-corrected chi connectivity index (χ2v) is 16.0. The maximum absolute atomic E-state index is 14.1. The Morgan fingerprint density at radius 1 is 0.855 bits per heavy atom. The maximum Gasteiger partial charge on any atom is 0.317 e. The molecule has 4 atom stereocenters. The van der Waals surface area contributed by atoms with Crippen LogP contribution in [0, 0.1) is 23.2 Å². The highest BCUT2D eigenvalue weighted by Crippen LogP contribution is 2.27. The van der Waals surface area contributed by atoms with Crippen molar-refractivity contribution in [3.8, 4) is 5.75 Å². The van der Waals surface area contributed by atoms with Gasteiger partial charge in [0.15, 0.2) is 5.96 Å². The standard InChI is InChI=1S/C40H65N11O11/c1-26(2)21-30-29(37(58)48-61)5-4-20-62-28-9-7-27(8-10-28)22-32(47-36(30)57)39(60)46-31(6-3-11-45-40(41)42)38(59)44-13-12-43-33(52)23-49-14-16-50(24-34(53)54)18-19-51(17-15-49)25-35(55)56/h7-10,26,29-32,61H,3-6,11-25H2,1-2H3,(H,43,52)(H,44,59)(H,46,60)(H,47,57)(H,48,58)(H,53,54)(H,55,56)(H4,41,42,45)/t29?,30-,31+,32?/m1/s1. The molecule has 0 spiro atoms. The monoisotopic (exact) mass is 875 g/mol. The van der Waals surface area contributed by atoms with Crippen molar-refractivity contribution in [1.29, 1.82) is 5.41 Å². The number of hydrogen-bond acceptors (Lipinski definition) is 13. The summed E-state index contributed by atoms with van der Waals surface area (Å²) in [6.07, 6.45) is 1.37. The topological polar surface area (TPSA) is 321 Å². The molecule has 4 rings (SSSR count). The van der Waals surface area contributed by atoms with Gasteiger partial charge in [0.05, 0.1) is 32.2 Å². The van der Waals surface area contributed by atoms with Crippen LogP contribution in [0.3, 0.4) is 0 Å². The number of carbonyl (C=O) groups excluding carboxylic acids is 5. The molecule has 1 saturated heterocycles. The van der Waals surface area contributed by atoms with Crippen LogP contribution in [0.5, 0.6) is 5.75 Å². The summed E-state index contributed by atoms with van der Waals surface area (Å²) in [7, 11) is 0. The highest BCUT2D eigenvalue weighted by Gasteiger charge is 2.36. The van der Waals surface area contributed by atoms with E-state index in [4.69, 9.17) is 15.9 Å². The van der Waals surface area contributed by atoms with E-state index in [1.54, 1.807) is 39.5 Å². The molecule has 346 valence electrons. The van der Waals surface area contributed by atoms with Gasteiger partial charge in [-0.25, -0.2) is 5.48 Å². The van der Waals surface area contributed by atoms with Crippen molar-refractivity contribution >= 4 is 47.4 Å². The fraction of sp³-hybridized carbons (Fsp3) is 0.650. The van der Waals surface area contributed by atoms with Crippen LogP contribution in [0.2, 0.25) is 0 Å². The Morgan fingerprint density at radius 2 is 1.44 bits per heavy atom. The van der Waals surface area contributed by atoms with Gasteiger partial charge in [-0.15, -0.1) is 0 Å². The number of nitrogens with zero attached hydrogens (tertiary/aromatic N) is 3. The van der Waals surface area contributed by atoms with E-state index < -0.39 is 59.5 Å². The van der Waals surface area contributed by atoms with Crippen LogP contribution in [0.15, 0.2) is 24.3 Å². The summed E-state index contributed by atoms with van der Waals surface area (Å²) in [5.41, 5.74) is 7.80. The summed E-state index contributed by atoms with van der Waals surface area (Å²) in [6, 6.07) is 4.71. The molecule has 1 aromatic carbocycles. The molecule has 2 unspecified atom stereocenters. The normalized spacial score (nSPS) is 20.1. The van der Waals surface area contributed by atoms with Gasteiger partial charge >= 0.3 is 11.9 Å². The van der Waals surface area contributed by atoms with E-state index in [-0.39, 0.29) is 89.3 Å². The number of carboxylic acid groups (broad SMARTS) is 2. The minimum Gasteiger partial charge on any atom is -0.494 e. The molecular weight excluding hydrogens is 811 g/mol. The van der Waals surface area contributed by atoms with E-state index >= 15 is 0 Å². The molecule has 62 heavy (non-hydrogen) atoms. The van der Waals surface area contributed by atoms with Gasteiger partial charge in [-0.2, -0.15) is 0 Å². The van der Waals surface area contributed by atoms with Crippen molar-refractivity contribution < 1.29 is 53.7 Å². The van der Waals surface area contributed by atoms with Crippen LogP contribution in [0.1, 0.15) is 51.5 Å². The highest BCUT2D eigenvalue weighted by atomic mass is 16.5. The number of rotatable bonds is 19. The zero-order chi connectivity index (χ0) is 45.6. The van der Waals surface area contributed by atoms with Crippen molar-refractivity contribution in [2.24, 2.45) is 23.5 Å². The molecule has 0 saturated carbocycles. The molecule has 0 aliphatic carbocycles. The molecule has 5 amide bonds. The lowest BCUT2D eigenvalue weighted by atomic mass is 9.81. The van der Waals surface area contributed by atoms with Crippen LogP contribution >= 0.6 is 0 Å². The molecule has 22 heteroatoms. The average molecular weight is 876 g/mol. The van der Waals surface area contributed by atoms with Crippen LogP contribution < -0.4 is 42.5 Å². The number of benzene rings is 1. The van der Waals surface area contributed by atoms with Gasteiger partial charge in [-0.1, -0.05) is 26.0 Å². The van der Waals surface area contributed by atoms with Crippen molar-refractivity contribution in [1.82, 2.24) is 46.8 Å². The Kier molecular flexibility index (Phi) is 21.9. The minimum absolute atomic E-state index is 0.0127. The Bertz CT molecular complexity index is 1640. The van der Waals surface area contributed by atoms with Gasteiger partial charge in [0.2, 0.25) is 29.5 Å². The third-order valence-corrected chi connectivity index (χ3v) is 10.6. The number of guanidine groups is 1. The SMILES string of the molecule is CC(C)C[C@H]1C(=O)NC(C(=O)N[C@@H](CCCNC(=N)N)C(=O)NCCNC(=O)CN2CCN(CC(=O)O)CCN(CC(=O)O)CC2)Cc2ccc(cc2)OCCCC1C(=O)NO. The number of nitrogens with one attached hydrogen (secondary N) is 7. The molecular formula is C40H65N11O11. The number of carbonyl (C=O) groups is 7. The molecule has 0 aromatic heterocycles. The molecule has 1 aromatic rings. The molecule has 1 fully saturated rings. The van der Waals surface area contributed by atoms with E-state index in [2.05, 4.69) is 26.6 Å². The van der Waals surface area contributed by atoms with E-state index in [1.807, 2.05) is 18.7 Å². The van der Waals surface area contributed by atoms with Crippen molar-refractivity contribution in [3.63, 3.8) is 0 Å². The fourth-order valence-electron chi connectivity index (χ4n) is 7.38. The summed E-state index contributed by atoms with van der Waals surface area (Å²) < 4.78 is 5.85. The van der Waals surface area contributed by atoms with Crippen LogP contribution in [0.4, 0.5) is 0 Å². The second kappa shape index (κ2) is 26.7. The molecule has 3 aliphatic heterocycles. The number of amides is 5. The quantitative estimate of drug-likeness (QED) is 0.0230. The van der Waals surface area contributed by atoms with Crippen molar-refractivity contribution in [2.75, 3.05) is 85.1 Å². The van der Waals surface area contributed by atoms with Crippen LogP contribution in [-0.4, -0.2) is 175 Å². The van der Waals surface area contributed by atoms with Gasteiger partial charge < -0.3 is 47.3 Å². The second-order valence-electron chi connectivity index (χ2n) is 16.0. The summed E-state index contributed by atoms with van der Waals surface area (Å²) in [4.78, 5) is 95.6. The molecule has 2 bridgehead atoms. The first-order valence-corrected chi connectivity index (χ1v) is 21.0. The average Bonchev–Trinajstić information content (AvgIpc) is 3.29. The van der Waals surface area contributed by atoms with Crippen molar-refractivity contribution in [3.05, 3.63) is 29.8 Å². The molecule has 3 heterocycles. The van der Waals surface area contributed by atoms with Crippen LogP contribution in [-0.2, 0) is 40.0 Å². The minimum atomic E-state index is -1.19. The summed E-state index contributed by atoms with van der Waals surface area (Å²) in [5.74, 6) is -6.47. The summed E-state index contributed by atoms with van der Waals surface area (Å²) in [5, 5.41) is 49.4.